The average Bonchev–Trinajstić information content (AvgIpc) is 2.42. The smallest absolute Gasteiger partial charge is 0.228 e. The van der Waals surface area contributed by atoms with Crippen molar-refractivity contribution in [3.63, 3.8) is 0 Å². The Morgan fingerprint density at radius 3 is 2.58 bits per heavy atom. The van der Waals surface area contributed by atoms with Crippen LogP contribution >= 0.6 is 11.8 Å². The van der Waals surface area contributed by atoms with Crippen molar-refractivity contribution in [2.75, 3.05) is 31.1 Å². The molecule has 0 radical (unpaired) electrons. The van der Waals surface area contributed by atoms with E-state index in [-0.39, 0.29) is 29.2 Å². The van der Waals surface area contributed by atoms with Gasteiger partial charge in [0.2, 0.25) is 11.8 Å². The lowest BCUT2D eigenvalue weighted by atomic mass is 9.92. The number of rotatable bonds is 0. The number of carbonyl (C=O) groups is 2. The third-order valence-corrected chi connectivity index (χ3v) is 5.03. The van der Waals surface area contributed by atoms with E-state index in [2.05, 4.69) is 0 Å². The number of hydrogen-bond donors (Lipinski definition) is 0. The molecule has 2 aliphatic heterocycles. The van der Waals surface area contributed by atoms with Crippen LogP contribution in [0.25, 0.3) is 0 Å². The molecule has 108 valence electrons. The largest absolute Gasteiger partial charge is 0.340 e. The summed E-state index contributed by atoms with van der Waals surface area (Å²) in [6.45, 7) is 10.0. The highest BCUT2D eigenvalue weighted by Gasteiger charge is 2.41. The number of amides is 2. The Hall–Kier alpha value is -0.710. The second-order valence-corrected chi connectivity index (χ2v) is 7.65. The zero-order valence-corrected chi connectivity index (χ0v) is 13.1. The van der Waals surface area contributed by atoms with Gasteiger partial charge in [-0.3, -0.25) is 9.59 Å². The van der Waals surface area contributed by atoms with Crippen LogP contribution in [0, 0.1) is 11.3 Å². The summed E-state index contributed by atoms with van der Waals surface area (Å²) in [6.07, 6.45) is 0. The van der Waals surface area contributed by atoms with E-state index in [0.29, 0.717) is 13.1 Å². The standard InChI is InChI=1S/C14H24N2O2S/c1-10-11-9-19-8-7-15(12(10)17)5-6-16(11)13(18)14(2,3)4/h10-11H,5-9H2,1-4H3. The first-order valence-electron chi connectivity index (χ1n) is 7.00. The lowest BCUT2D eigenvalue weighted by Gasteiger charge is -2.36. The molecule has 19 heavy (non-hydrogen) atoms. The van der Waals surface area contributed by atoms with E-state index in [9.17, 15) is 9.59 Å². The van der Waals surface area contributed by atoms with Gasteiger partial charge < -0.3 is 9.80 Å². The first kappa shape index (κ1) is 14.7. The summed E-state index contributed by atoms with van der Waals surface area (Å²) in [5, 5.41) is 0. The van der Waals surface area contributed by atoms with Crippen molar-refractivity contribution in [1.82, 2.24) is 9.80 Å². The van der Waals surface area contributed by atoms with Crippen LogP contribution < -0.4 is 0 Å². The summed E-state index contributed by atoms with van der Waals surface area (Å²) >= 11 is 1.86. The molecule has 2 atom stereocenters. The van der Waals surface area contributed by atoms with Crippen LogP contribution in [0.2, 0.25) is 0 Å². The molecule has 2 saturated heterocycles. The van der Waals surface area contributed by atoms with E-state index >= 15 is 0 Å². The zero-order valence-electron chi connectivity index (χ0n) is 12.3. The van der Waals surface area contributed by atoms with Crippen molar-refractivity contribution in [2.45, 2.75) is 33.7 Å². The molecule has 0 aromatic heterocycles. The van der Waals surface area contributed by atoms with Gasteiger partial charge in [0.15, 0.2) is 0 Å². The van der Waals surface area contributed by atoms with Crippen molar-refractivity contribution in [3.8, 4) is 0 Å². The van der Waals surface area contributed by atoms with Crippen molar-refractivity contribution in [2.24, 2.45) is 11.3 Å². The van der Waals surface area contributed by atoms with E-state index in [1.807, 2.05) is 49.3 Å². The quantitative estimate of drug-likeness (QED) is 0.676. The van der Waals surface area contributed by atoms with Crippen LogP contribution in [0.1, 0.15) is 27.7 Å². The third-order valence-electron chi connectivity index (χ3n) is 3.99. The minimum atomic E-state index is -0.380. The van der Waals surface area contributed by atoms with Gasteiger partial charge >= 0.3 is 0 Å². The maximum absolute atomic E-state index is 12.6. The number of hydrogen-bond acceptors (Lipinski definition) is 3. The Morgan fingerprint density at radius 1 is 1.26 bits per heavy atom. The van der Waals surface area contributed by atoms with Crippen LogP contribution in [0.5, 0.6) is 0 Å². The van der Waals surface area contributed by atoms with Gasteiger partial charge in [0.05, 0.1) is 12.0 Å². The second kappa shape index (κ2) is 5.35. The van der Waals surface area contributed by atoms with Crippen LogP contribution in [0.15, 0.2) is 0 Å². The summed E-state index contributed by atoms with van der Waals surface area (Å²) in [7, 11) is 0. The first-order valence-corrected chi connectivity index (χ1v) is 8.15. The Morgan fingerprint density at radius 2 is 1.95 bits per heavy atom. The summed E-state index contributed by atoms with van der Waals surface area (Å²) in [6, 6.07) is 0.0505. The lowest BCUT2D eigenvalue weighted by Crippen LogP contribution is -2.50. The molecule has 0 aromatic rings. The van der Waals surface area contributed by atoms with Gasteiger partial charge in [0.1, 0.15) is 0 Å². The van der Waals surface area contributed by atoms with Crippen LogP contribution in [0.4, 0.5) is 0 Å². The van der Waals surface area contributed by atoms with Gasteiger partial charge in [-0.2, -0.15) is 11.8 Å². The SMILES string of the molecule is CC1C(=O)N2CCSCC1N(C(=O)C(C)(C)C)CC2. The highest BCUT2D eigenvalue weighted by Crippen LogP contribution is 2.28. The van der Waals surface area contributed by atoms with Gasteiger partial charge in [-0.05, 0) is 0 Å². The van der Waals surface area contributed by atoms with Gasteiger partial charge in [-0.1, -0.05) is 27.7 Å². The molecule has 2 fully saturated rings. The third kappa shape index (κ3) is 2.91. The van der Waals surface area contributed by atoms with E-state index < -0.39 is 0 Å². The summed E-state index contributed by atoms with van der Waals surface area (Å²) in [5.41, 5.74) is -0.380. The van der Waals surface area contributed by atoms with Crippen molar-refractivity contribution < 1.29 is 9.59 Å². The first-order chi connectivity index (χ1) is 8.82. The number of carbonyl (C=O) groups excluding carboxylic acids is 2. The summed E-state index contributed by atoms with van der Waals surface area (Å²) < 4.78 is 0. The maximum Gasteiger partial charge on any atom is 0.228 e. The molecule has 2 heterocycles. The van der Waals surface area contributed by atoms with Gasteiger partial charge in [-0.15, -0.1) is 0 Å². The normalized spacial score (nSPS) is 28.9. The van der Waals surface area contributed by atoms with Gasteiger partial charge in [0.25, 0.3) is 0 Å². The fraction of sp³-hybridized carbons (Fsp3) is 0.857. The molecule has 4 nitrogen and oxygen atoms in total. The molecular formula is C14H24N2O2S. The fourth-order valence-electron chi connectivity index (χ4n) is 2.75. The molecule has 0 spiro atoms. The molecule has 2 aliphatic rings. The van der Waals surface area contributed by atoms with E-state index in [1.54, 1.807) is 0 Å². The van der Waals surface area contributed by atoms with Crippen LogP contribution in [-0.4, -0.2) is 58.8 Å². The second-order valence-electron chi connectivity index (χ2n) is 6.50. The Bertz CT molecular complexity index is 378. The zero-order chi connectivity index (χ0) is 14.2. The predicted octanol–water partition coefficient (Wildman–Crippen LogP) is 1.45. The molecule has 0 aromatic carbocycles. The molecule has 0 N–H and O–H groups in total. The summed E-state index contributed by atoms with van der Waals surface area (Å²) in [4.78, 5) is 28.9. The van der Waals surface area contributed by atoms with Crippen molar-refractivity contribution >= 4 is 23.6 Å². The molecule has 5 heteroatoms. The Balaban J connectivity index is 2.30. The van der Waals surface area contributed by atoms with Gasteiger partial charge in [-0.25, -0.2) is 0 Å². The van der Waals surface area contributed by atoms with Gasteiger partial charge in [0, 0.05) is 36.6 Å². The molecule has 2 rings (SSSR count). The minimum absolute atomic E-state index is 0.0505. The van der Waals surface area contributed by atoms with Crippen molar-refractivity contribution in [3.05, 3.63) is 0 Å². The van der Waals surface area contributed by atoms with Crippen molar-refractivity contribution in [1.29, 1.82) is 0 Å². The minimum Gasteiger partial charge on any atom is -0.340 e. The Labute approximate surface area is 119 Å². The topological polar surface area (TPSA) is 40.6 Å². The number of nitrogens with zero attached hydrogens (tertiary/aromatic N) is 2. The molecule has 0 aliphatic carbocycles. The fourth-order valence-corrected chi connectivity index (χ4v) is 3.97. The van der Waals surface area contributed by atoms with E-state index in [4.69, 9.17) is 0 Å². The Kier molecular flexibility index (Phi) is 4.14. The molecule has 2 unspecified atom stereocenters. The monoisotopic (exact) mass is 284 g/mol. The van der Waals surface area contributed by atoms with E-state index in [1.165, 1.54) is 0 Å². The van der Waals surface area contributed by atoms with Crippen LogP contribution in [-0.2, 0) is 9.59 Å². The highest BCUT2D eigenvalue weighted by molar-refractivity contribution is 7.99. The lowest BCUT2D eigenvalue weighted by molar-refractivity contribution is -0.142. The van der Waals surface area contributed by atoms with E-state index in [0.717, 1.165) is 18.1 Å². The number of fused-ring (bicyclic) bond motifs is 3. The van der Waals surface area contributed by atoms with Crippen LogP contribution in [0.3, 0.4) is 0 Å². The molecular weight excluding hydrogens is 260 g/mol. The molecule has 2 bridgehead atoms. The predicted molar refractivity (Wildman–Crippen MR) is 78.0 cm³/mol. The maximum atomic E-state index is 12.6. The summed E-state index contributed by atoms with van der Waals surface area (Å²) in [5.74, 6) is 2.16. The molecule has 2 amide bonds. The number of thioether (sulfide) groups is 1. The highest BCUT2D eigenvalue weighted by atomic mass is 32.2. The molecule has 0 saturated carbocycles. The average molecular weight is 284 g/mol.